The lowest BCUT2D eigenvalue weighted by Gasteiger charge is -2.15. The van der Waals surface area contributed by atoms with Crippen molar-refractivity contribution in [2.24, 2.45) is 0 Å². The predicted molar refractivity (Wildman–Crippen MR) is 119 cm³/mol. The van der Waals surface area contributed by atoms with Crippen molar-refractivity contribution >= 4 is 34.9 Å². The van der Waals surface area contributed by atoms with E-state index in [2.05, 4.69) is 5.32 Å². The molecule has 0 saturated heterocycles. The van der Waals surface area contributed by atoms with Gasteiger partial charge in [0.25, 0.3) is 0 Å². The van der Waals surface area contributed by atoms with E-state index >= 15 is 0 Å². The van der Waals surface area contributed by atoms with Crippen molar-refractivity contribution in [1.82, 2.24) is 0 Å². The molecule has 8 heteroatoms. The Balaban J connectivity index is 1.74. The Bertz CT molecular complexity index is 1070. The number of carbonyl (C=O) groups is 1. The second-order valence-corrected chi connectivity index (χ2v) is 7.37. The molecule has 0 atom stereocenters. The maximum atomic E-state index is 14.0. The molecule has 3 aromatic rings. The molecule has 2 N–H and O–H groups in total. The molecule has 5 nitrogen and oxygen atoms in total. The molecular formula is C23H20Cl2FNO4. The molecule has 0 heterocycles. The molecule has 3 aromatic carbocycles. The smallest absolute Gasteiger partial charge is 0.335 e. The largest absolute Gasteiger partial charge is 0.490 e. The van der Waals surface area contributed by atoms with Crippen molar-refractivity contribution in [2.75, 3.05) is 11.9 Å². The minimum Gasteiger partial charge on any atom is -0.490 e. The van der Waals surface area contributed by atoms with Crippen LogP contribution in [0.3, 0.4) is 0 Å². The zero-order valence-corrected chi connectivity index (χ0v) is 18.1. The molecule has 0 aliphatic rings. The van der Waals surface area contributed by atoms with Crippen LogP contribution in [0.4, 0.5) is 10.1 Å². The van der Waals surface area contributed by atoms with Crippen LogP contribution in [0, 0.1) is 5.82 Å². The third kappa shape index (κ3) is 5.81. The number of carboxylic acid groups (broad SMARTS) is 1. The highest BCUT2D eigenvalue weighted by atomic mass is 35.5. The predicted octanol–water partition coefficient (Wildman–Crippen LogP) is 6.42. The fourth-order valence-corrected chi connectivity index (χ4v) is 3.26. The van der Waals surface area contributed by atoms with Crippen molar-refractivity contribution in [3.05, 3.63) is 87.2 Å². The van der Waals surface area contributed by atoms with Crippen LogP contribution < -0.4 is 14.8 Å². The molecule has 0 bridgehead atoms. The van der Waals surface area contributed by atoms with E-state index in [1.165, 1.54) is 30.3 Å². The second kappa shape index (κ2) is 10.4. The molecule has 0 aliphatic heterocycles. The summed E-state index contributed by atoms with van der Waals surface area (Å²) in [6.07, 6.45) is 0. The number of nitrogens with one attached hydrogen (secondary N) is 1. The van der Waals surface area contributed by atoms with Crippen molar-refractivity contribution < 1.29 is 23.8 Å². The minimum absolute atomic E-state index is 0.0409. The van der Waals surface area contributed by atoms with E-state index < -0.39 is 11.8 Å². The lowest BCUT2D eigenvalue weighted by Crippen LogP contribution is -2.05. The molecule has 0 fully saturated rings. The number of ether oxygens (including phenoxy) is 2. The van der Waals surface area contributed by atoms with Gasteiger partial charge < -0.3 is 19.9 Å². The monoisotopic (exact) mass is 463 g/mol. The van der Waals surface area contributed by atoms with Crippen molar-refractivity contribution in [3.63, 3.8) is 0 Å². The molecule has 0 amide bonds. The van der Waals surface area contributed by atoms with E-state index in [-0.39, 0.29) is 17.7 Å². The zero-order valence-electron chi connectivity index (χ0n) is 16.6. The molecule has 0 unspecified atom stereocenters. The zero-order chi connectivity index (χ0) is 22.4. The van der Waals surface area contributed by atoms with Crippen LogP contribution in [-0.2, 0) is 13.2 Å². The molecule has 3 rings (SSSR count). The number of rotatable bonds is 9. The maximum absolute atomic E-state index is 14.0. The SMILES string of the molecule is CCOc1cc(CNc2cc(C(=O)O)ccc2Cl)ccc1OCc1c(F)cccc1Cl. The number of aromatic carboxylic acids is 1. The van der Waals surface area contributed by atoms with Gasteiger partial charge in [0.2, 0.25) is 0 Å². The van der Waals surface area contributed by atoms with Gasteiger partial charge >= 0.3 is 5.97 Å². The Hall–Kier alpha value is -2.96. The van der Waals surface area contributed by atoms with Crippen LogP contribution in [0.1, 0.15) is 28.4 Å². The van der Waals surface area contributed by atoms with Gasteiger partial charge in [-0.1, -0.05) is 35.3 Å². The van der Waals surface area contributed by atoms with Gasteiger partial charge in [-0.25, -0.2) is 9.18 Å². The highest BCUT2D eigenvalue weighted by Gasteiger charge is 2.12. The summed E-state index contributed by atoms with van der Waals surface area (Å²) >= 11 is 12.2. The summed E-state index contributed by atoms with van der Waals surface area (Å²) in [5, 5.41) is 13.0. The Morgan fingerprint density at radius 3 is 2.55 bits per heavy atom. The van der Waals surface area contributed by atoms with Crippen LogP contribution in [0.15, 0.2) is 54.6 Å². The lowest BCUT2D eigenvalue weighted by atomic mass is 10.1. The van der Waals surface area contributed by atoms with Crippen LogP contribution >= 0.6 is 23.2 Å². The van der Waals surface area contributed by atoms with Gasteiger partial charge in [-0.2, -0.15) is 0 Å². The van der Waals surface area contributed by atoms with Gasteiger partial charge in [0.05, 0.1) is 27.9 Å². The number of benzene rings is 3. The normalized spacial score (nSPS) is 10.6. The van der Waals surface area contributed by atoms with E-state index in [0.717, 1.165) is 5.56 Å². The summed E-state index contributed by atoms with van der Waals surface area (Å²) < 4.78 is 25.4. The molecule has 0 aliphatic carbocycles. The number of halogens is 3. The average molecular weight is 464 g/mol. The number of hydrogen-bond acceptors (Lipinski definition) is 4. The Kier molecular flexibility index (Phi) is 7.60. The molecule has 0 aromatic heterocycles. The summed E-state index contributed by atoms with van der Waals surface area (Å²) in [5.41, 5.74) is 1.77. The fourth-order valence-electron chi connectivity index (χ4n) is 2.86. The first-order valence-electron chi connectivity index (χ1n) is 9.47. The van der Waals surface area contributed by atoms with Crippen LogP contribution in [-0.4, -0.2) is 17.7 Å². The van der Waals surface area contributed by atoms with E-state index in [9.17, 15) is 9.18 Å². The van der Waals surface area contributed by atoms with Gasteiger partial charge in [-0.3, -0.25) is 0 Å². The van der Waals surface area contributed by atoms with Crippen molar-refractivity contribution in [2.45, 2.75) is 20.1 Å². The third-order valence-corrected chi connectivity index (χ3v) is 5.12. The molecule has 31 heavy (non-hydrogen) atoms. The van der Waals surface area contributed by atoms with E-state index in [1.54, 1.807) is 18.2 Å². The van der Waals surface area contributed by atoms with Crippen LogP contribution in [0.2, 0.25) is 10.0 Å². The molecule has 162 valence electrons. The van der Waals surface area contributed by atoms with Gasteiger partial charge in [0, 0.05) is 12.1 Å². The Morgan fingerprint density at radius 2 is 1.84 bits per heavy atom. The van der Waals surface area contributed by atoms with Gasteiger partial charge in [-0.05, 0) is 55.0 Å². The number of hydrogen-bond donors (Lipinski definition) is 2. The summed E-state index contributed by atoms with van der Waals surface area (Å²) in [5.74, 6) is -0.517. The van der Waals surface area contributed by atoms with Crippen molar-refractivity contribution in [1.29, 1.82) is 0 Å². The highest BCUT2D eigenvalue weighted by Crippen LogP contribution is 2.31. The third-order valence-electron chi connectivity index (χ3n) is 4.44. The highest BCUT2D eigenvalue weighted by molar-refractivity contribution is 6.33. The molecule has 0 saturated carbocycles. The summed E-state index contributed by atoms with van der Waals surface area (Å²) in [4.78, 5) is 11.2. The summed E-state index contributed by atoms with van der Waals surface area (Å²) in [6.45, 7) is 2.60. The van der Waals surface area contributed by atoms with Crippen LogP contribution in [0.5, 0.6) is 11.5 Å². The summed E-state index contributed by atoms with van der Waals surface area (Å²) in [6, 6.07) is 14.3. The van der Waals surface area contributed by atoms with E-state index in [1.807, 2.05) is 13.0 Å². The van der Waals surface area contributed by atoms with Gasteiger partial charge in [0.1, 0.15) is 12.4 Å². The topological polar surface area (TPSA) is 67.8 Å². The maximum Gasteiger partial charge on any atom is 0.335 e. The van der Waals surface area contributed by atoms with Gasteiger partial charge in [-0.15, -0.1) is 0 Å². The van der Waals surface area contributed by atoms with Crippen LogP contribution in [0.25, 0.3) is 0 Å². The minimum atomic E-state index is -1.03. The first kappa shape index (κ1) is 22.7. The van der Waals surface area contributed by atoms with E-state index in [4.69, 9.17) is 37.8 Å². The molecular weight excluding hydrogens is 444 g/mol. The second-order valence-electron chi connectivity index (χ2n) is 6.56. The molecule has 0 radical (unpaired) electrons. The number of carboxylic acids is 1. The van der Waals surface area contributed by atoms with Crippen molar-refractivity contribution in [3.8, 4) is 11.5 Å². The fraction of sp³-hybridized carbons (Fsp3) is 0.174. The standard InChI is InChI=1S/C23H20Cl2FNO4/c1-2-30-22-10-14(12-27-20-11-15(23(28)29)7-8-18(20)25)6-9-21(22)31-13-16-17(24)4-3-5-19(16)26/h3-11,27H,2,12-13H2,1H3,(H,28,29). The number of anilines is 1. The Morgan fingerprint density at radius 1 is 1.03 bits per heavy atom. The first-order valence-corrected chi connectivity index (χ1v) is 10.2. The van der Waals surface area contributed by atoms with Gasteiger partial charge in [0.15, 0.2) is 11.5 Å². The quantitative estimate of drug-likeness (QED) is 0.383. The Labute approximate surface area is 189 Å². The summed E-state index contributed by atoms with van der Waals surface area (Å²) in [7, 11) is 0. The lowest BCUT2D eigenvalue weighted by molar-refractivity contribution is 0.0697. The molecule has 0 spiro atoms. The van der Waals surface area contributed by atoms with E-state index in [0.29, 0.717) is 40.4 Å². The average Bonchev–Trinajstić information content (AvgIpc) is 2.74. The first-order chi connectivity index (χ1) is 14.9.